The Morgan fingerprint density at radius 1 is 1.15 bits per heavy atom. The molecule has 0 fully saturated rings. The normalized spacial score (nSPS) is 12.2. The van der Waals surface area contributed by atoms with E-state index in [2.05, 4.69) is 41.6 Å². The van der Waals surface area contributed by atoms with Crippen molar-refractivity contribution in [3.05, 3.63) is 5.01 Å². The van der Waals surface area contributed by atoms with Crippen LogP contribution in [0, 0.1) is 0 Å². The second-order valence-electron chi connectivity index (χ2n) is 4.94. The molecule has 114 valence electrons. The van der Waals surface area contributed by atoms with Crippen molar-refractivity contribution < 1.29 is 4.79 Å². The first-order valence-electron chi connectivity index (χ1n) is 7.59. The standard InChI is InChI=1S/C14H26N4OS/c1-4-7-9-11(8-5-2)16-12(19)13-17-18-14(20-13)15-10-6-3/h11H,4-10H2,1-3H3,(H,15,18)(H,16,19). The van der Waals surface area contributed by atoms with Crippen LogP contribution in [0.25, 0.3) is 0 Å². The number of unbranched alkanes of at least 4 members (excludes halogenated alkanes) is 1. The quantitative estimate of drug-likeness (QED) is 0.694. The van der Waals surface area contributed by atoms with E-state index in [9.17, 15) is 4.79 Å². The topological polar surface area (TPSA) is 66.9 Å². The van der Waals surface area contributed by atoms with E-state index in [-0.39, 0.29) is 11.9 Å². The van der Waals surface area contributed by atoms with E-state index in [4.69, 9.17) is 0 Å². The number of hydrogen-bond donors (Lipinski definition) is 2. The van der Waals surface area contributed by atoms with Crippen molar-refractivity contribution in [1.29, 1.82) is 0 Å². The van der Waals surface area contributed by atoms with Crippen LogP contribution < -0.4 is 10.6 Å². The number of anilines is 1. The zero-order valence-electron chi connectivity index (χ0n) is 12.7. The summed E-state index contributed by atoms with van der Waals surface area (Å²) in [6.07, 6.45) is 6.45. The molecule has 20 heavy (non-hydrogen) atoms. The summed E-state index contributed by atoms with van der Waals surface area (Å²) in [5.41, 5.74) is 0. The zero-order valence-corrected chi connectivity index (χ0v) is 13.6. The molecule has 1 atom stereocenters. The molecule has 0 aliphatic heterocycles. The molecule has 0 aliphatic rings. The second-order valence-corrected chi connectivity index (χ2v) is 5.92. The molecule has 0 aliphatic carbocycles. The lowest BCUT2D eigenvalue weighted by molar-refractivity contribution is 0.0931. The van der Waals surface area contributed by atoms with Crippen LogP contribution in [0.2, 0.25) is 0 Å². The first-order chi connectivity index (χ1) is 9.71. The Morgan fingerprint density at radius 2 is 1.95 bits per heavy atom. The maximum Gasteiger partial charge on any atom is 0.282 e. The Morgan fingerprint density at radius 3 is 2.60 bits per heavy atom. The maximum absolute atomic E-state index is 12.1. The Labute approximate surface area is 125 Å². The molecule has 0 bridgehead atoms. The summed E-state index contributed by atoms with van der Waals surface area (Å²) in [6, 6.07) is 0.253. The summed E-state index contributed by atoms with van der Waals surface area (Å²) in [6.45, 7) is 7.25. The number of carbonyl (C=O) groups is 1. The van der Waals surface area contributed by atoms with Crippen LogP contribution in [-0.4, -0.2) is 28.7 Å². The molecule has 0 saturated carbocycles. The molecule has 0 aromatic carbocycles. The number of hydrogen-bond acceptors (Lipinski definition) is 5. The Hall–Kier alpha value is -1.17. The zero-order chi connectivity index (χ0) is 14.8. The smallest absolute Gasteiger partial charge is 0.282 e. The first kappa shape index (κ1) is 16.9. The molecule has 1 rings (SSSR count). The third-order valence-corrected chi connectivity index (χ3v) is 3.90. The van der Waals surface area contributed by atoms with Crippen molar-refractivity contribution >= 4 is 22.4 Å². The number of nitrogens with one attached hydrogen (secondary N) is 2. The van der Waals surface area contributed by atoms with Gasteiger partial charge in [-0.2, -0.15) is 0 Å². The Balaban J connectivity index is 2.52. The van der Waals surface area contributed by atoms with Crippen LogP contribution in [0.4, 0.5) is 5.13 Å². The van der Waals surface area contributed by atoms with Crippen LogP contribution in [0.5, 0.6) is 0 Å². The van der Waals surface area contributed by atoms with Crippen LogP contribution in [0.1, 0.15) is 69.1 Å². The van der Waals surface area contributed by atoms with Crippen molar-refractivity contribution in [2.75, 3.05) is 11.9 Å². The van der Waals surface area contributed by atoms with Gasteiger partial charge in [0.25, 0.3) is 5.91 Å². The highest BCUT2D eigenvalue weighted by Gasteiger charge is 2.16. The summed E-state index contributed by atoms with van der Waals surface area (Å²) < 4.78 is 0. The Bertz CT molecular complexity index is 394. The molecule has 1 aromatic heterocycles. The summed E-state index contributed by atoms with van der Waals surface area (Å²) in [4.78, 5) is 12.1. The van der Waals surface area contributed by atoms with Gasteiger partial charge in [-0.05, 0) is 19.3 Å². The van der Waals surface area contributed by atoms with Gasteiger partial charge in [0.1, 0.15) is 0 Å². The molecule has 1 heterocycles. The van der Waals surface area contributed by atoms with Crippen LogP contribution in [0.3, 0.4) is 0 Å². The van der Waals surface area contributed by atoms with Crippen LogP contribution >= 0.6 is 11.3 Å². The number of carbonyl (C=O) groups excluding carboxylic acids is 1. The van der Waals surface area contributed by atoms with Crippen molar-refractivity contribution in [2.45, 2.75) is 65.3 Å². The fourth-order valence-corrected chi connectivity index (χ4v) is 2.63. The predicted octanol–water partition coefficient (Wildman–Crippen LogP) is 3.45. The van der Waals surface area contributed by atoms with Gasteiger partial charge in [0.05, 0.1) is 0 Å². The molecule has 0 saturated heterocycles. The molecule has 5 nitrogen and oxygen atoms in total. The molecule has 2 N–H and O–H groups in total. The summed E-state index contributed by atoms with van der Waals surface area (Å²) in [7, 11) is 0. The van der Waals surface area contributed by atoms with Crippen molar-refractivity contribution in [3.63, 3.8) is 0 Å². The third kappa shape index (κ3) is 5.86. The van der Waals surface area contributed by atoms with E-state index in [1.165, 1.54) is 11.3 Å². The maximum atomic E-state index is 12.1. The van der Waals surface area contributed by atoms with Gasteiger partial charge < -0.3 is 10.6 Å². The number of amides is 1. The molecule has 1 amide bonds. The highest BCUT2D eigenvalue weighted by atomic mass is 32.1. The van der Waals surface area contributed by atoms with Gasteiger partial charge in [-0.25, -0.2) is 0 Å². The fourth-order valence-electron chi connectivity index (χ4n) is 1.95. The van der Waals surface area contributed by atoms with Crippen molar-refractivity contribution in [2.24, 2.45) is 0 Å². The minimum absolute atomic E-state index is 0.0957. The fraction of sp³-hybridized carbons (Fsp3) is 0.786. The molecule has 6 heteroatoms. The molecule has 1 unspecified atom stereocenters. The lowest BCUT2D eigenvalue weighted by Crippen LogP contribution is -2.34. The lowest BCUT2D eigenvalue weighted by Gasteiger charge is -2.16. The molecule has 0 spiro atoms. The highest BCUT2D eigenvalue weighted by Crippen LogP contribution is 2.16. The van der Waals surface area contributed by atoms with E-state index in [1.54, 1.807) is 0 Å². The van der Waals surface area contributed by atoms with Crippen molar-refractivity contribution in [1.82, 2.24) is 15.5 Å². The summed E-state index contributed by atoms with van der Waals surface area (Å²) in [5, 5.41) is 15.3. The van der Waals surface area contributed by atoms with Gasteiger partial charge in [0.15, 0.2) is 0 Å². The van der Waals surface area contributed by atoms with Gasteiger partial charge >= 0.3 is 0 Å². The minimum atomic E-state index is -0.0957. The van der Waals surface area contributed by atoms with E-state index < -0.39 is 0 Å². The predicted molar refractivity (Wildman–Crippen MR) is 84.4 cm³/mol. The van der Waals surface area contributed by atoms with Gasteiger partial charge in [-0.1, -0.05) is 51.4 Å². The Kier molecular flexibility index (Phi) is 8.18. The molecule has 1 aromatic rings. The lowest BCUT2D eigenvalue weighted by atomic mass is 10.1. The average molecular weight is 298 g/mol. The highest BCUT2D eigenvalue weighted by molar-refractivity contribution is 7.17. The summed E-state index contributed by atoms with van der Waals surface area (Å²) >= 11 is 1.32. The number of aromatic nitrogens is 2. The largest absolute Gasteiger partial charge is 0.360 e. The molecule has 0 radical (unpaired) electrons. The van der Waals surface area contributed by atoms with Gasteiger partial charge in [-0.3, -0.25) is 4.79 Å². The van der Waals surface area contributed by atoms with E-state index in [0.717, 1.165) is 50.2 Å². The van der Waals surface area contributed by atoms with E-state index >= 15 is 0 Å². The molecular weight excluding hydrogens is 272 g/mol. The van der Waals surface area contributed by atoms with Gasteiger partial charge in [0, 0.05) is 12.6 Å². The first-order valence-corrected chi connectivity index (χ1v) is 8.41. The average Bonchev–Trinajstić information content (AvgIpc) is 2.91. The summed E-state index contributed by atoms with van der Waals surface area (Å²) in [5.74, 6) is -0.0957. The van der Waals surface area contributed by atoms with E-state index in [0.29, 0.717) is 5.01 Å². The van der Waals surface area contributed by atoms with E-state index in [1.807, 2.05) is 0 Å². The van der Waals surface area contributed by atoms with Crippen LogP contribution in [-0.2, 0) is 0 Å². The SMILES string of the molecule is CCCCC(CCC)NC(=O)c1nnc(NCCC)s1. The minimum Gasteiger partial charge on any atom is -0.360 e. The van der Waals surface area contributed by atoms with Crippen molar-refractivity contribution in [3.8, 4) is 0 Å². The number of nitrogens with zero attached hydrogens (tertiary/aromatic N) is 2. The third-order valence-electron chi connectivity index (χ3n) is 3.02. The molecular formula is C14H26N4OS. The monoisotopic (exact) mass is 298 g/mol. The van der Waals surface area contributed by atoms with Gasteiger partial charge in [-0.15, -0.1) is 10.2 Å². The van der Waals surface area contributed by atoms with Gasteiger partial charge in [0.2, 0.25) is 10.1 Å². The van der Waals surface area contributed by atoms with Crippen LogP contribution in [0.15, 0.2) is 0 Å². The second kappa shape index (κ2) is 9.69. The number of rotatable bonds is 10.